The molecule has 0 saturated heterocycles. The highest BCUT2D eigenvalue weighted by molar-refractivity contribution is 5.92. The van der Waals surface area contributed by atoms with Crippen molar-refractivity contribution in [2.75, 3.05) is 18.5 Å². The molecule has 1 rings (SSSR count). The normalized spacial score (nSPS) is 10.5. The highest BCUT2D eigenvalue weighted by Gasteiger charge is 2.21. The minimum atomic E-state index is -0.594. The van der Waals surface area contributed by atoms with Crippen molar-refractivity contribution in [1.29, 1.82) is 0 Å². The number of hydrogen-bond donors (Lipinski definition) is 1. The lowest BCUT2D eigenvalue weighted by molar-refractivity contribution is -0.138. The lowest BCUT2D eigenvalue weighted by Gasteiger charge is -2.30. The van der Waals surface area contributed by atoms with E-state index in [2.05, 4.69) is 5.32 Å². The summed E-state index contributed by atoms with van der Waals surface area (Å²) in [6, 6.07) is 6.20. The first-order valence-corrected chi connectivity index (χ1v) is 8.28. The van der Waals surface area contributed by atoms with Gasteiger partial charge in [-0.25, -0.2) is 9.59 Å². The van der Waals surface area contributed by atoms with E-state index in [1.807, 2.05) is 27.7 Å². The Kier molecular flexibility index (Phi) is 7.91. The zero-order valence-electron chi connectivity index (χ0n) is 15.4. The quantitative estimate of drug-likeness (QED) is 0.764. The van der Waals surface area contributed by atoms with Crippen molar-refractivity contribution in [3.05, 3.63) is 29.8 Å². The van der Waals surface area contributed by atoms with Gasteiger partial charge >= 0.3 is 12.1 Å². The number of benzene rings is 1. The van der Waals surface area contributed by atoms with Gasteiger partial charge in [-0.3, -0.25) is 10.1 Å². The number of nitrogens with one attached hydrogen (secondary N) is 1. The van der Waals surface area contributed by atoms with Crippen LogP contribution in [-0.2, 0) is 14.3 Å². The number of carbonyl (C=O) groups is 3. The molecule has 0 unspecified atom stereocenters. The smallest absolute Gasteiger partial charge is 0.411 e. The van der Waals surface area contributed by atoms with Crippen molar-refractivity contribution in [2.45, 2.75) is 46.7 Å². The molecule has 0 bridgehead atoms. The zero-order valence-corrected chi connectivity index (χ0v) is 15.4. The van der Waals surface area contributed by atoms with E-state index in [9.17, 15) is 14.4 Å². The lowest BCUT2D eigenvalue weighted by atomic mass is 10.2. The van der Waals surface area contributed by atoms with Crippen molar-refractivity contribution in [1.82, 2.24) is 4.90 Å². The Morgan fingerprint density at radius 3 is 2.04 bits per heavy atom. The van der Waals surface area contributed by atoms with Crippen LogP contribution in [0.25, 0.3) is 0 Å². The van der Waals surface area contributed by atoms with Gasteiger partial charge in [0.25, 0.3) is 5.91 Å². The predicted molar refractivity (Wildman–Crippen MR) is 94.5 cm³/mol. The average molecular weight is 350 g/mol. The summed E-state index contributed by atoms with van der Waals surface area (Å²) in [5, 5.41) is 2.52. The second-order valence-corrected chi connectivity index (χ2v) is 5.99. The summed E-state index contributed by atoms with van der Waals surface area (Å²) in [6.07, 6.45) is -0.564. The Morgan fingerprint density at radius 2 is 1.56 bits per heavy atom. The largest absolute Gasteiger partial charge is 0.452 e. The van der Waals surface area contributed by atoms with Crippen LogP contribution in [0.4, 0.5) is 10.5 Å². The summed E-state index contributed by atoms with van der Waals surface area (Å²) in [5.74, 6) is -0.831. The monoisotopic (exact) mass is 350 g/mol. The van der Waals surface area contributed by atoms with Gasteiger partial charge in [0.2, 0.25) is 0 Å². The molecule has 0 aliphatic heterocycles. The van der Waals surface area contributed by atoms with Crippen LogP contribution in [0.5, 0.6) is 0 Å². The number of carbonyl (C=O) groups excluding carboxylic acids is 3. The molecular weight excluding hydrogens is 324 g/mol. The molecule has 0 fully saturated rings. The Labute approximate surface area is 148 Å². The van der Waals surface area contributed by atoms with Gasteiger partial charge in [0.15, 0.2) is 6.61 Å². The Hall–Kier alpha value is -2.57. The zero-order chi connectivity index (χ0) is 19.0. The van der Waals surface area contributed by atoms with Crippen LogP contribution in [0.15, 0.2) is 24.3 Å². The van der Waals surface area contributed by atoms with E-state index in [4.69, 9.17) is 9.47 Å². The van der Waals surface area contributed by atoms with Crippen molar-refractivity contribution in [2.24, 2.45) is 0 Å². The van der Waals surface area contributed by atoms with Gasteiger partial charge in [-0.05, 0) is 58.9 Å². The third kappa shape index (κ3) is 6.45. The van der Waals surface area contributed by atoms with Gasteiger partial charge in [-0.2, -0.15) is 0 Å². The number of anilines is 1. The fraction of sp³-hybridized carbons (Fsp3) is 0.500. The van der Waals surface area contributed by atoms with E-state index in [0.29, 0.717) is 11.3 Å². The maximum absolute atomic E-state index is 12.2. The first-order valence-electron chi connectivity index (χ1n) is 8.28. The number of rotatable bonds is 7. The molecule has 138 valence electrons. The first-order chi connectivity index (χ1) is 11.8. The maximum Gasteiger partial charge on any atom is 0.411 e. The fourth-order valence-electron chi connectivity index (χ4n) is 2.43. The highest BCUT2D eigenvalue weighted by Crippen LogP contribution is 2.12. The predicted octanol–water partition coefficient (Wildman–Crippen LogP) is 3.06. The number of hydrogen-bond acceptors (Lipinski definition) is 5. The van der Waals surface area contributed by atoms with Crippen molar-refractivity contribution in [3.8, 4) is 0 Å². The molecule has 0 saturated carbocycles. The second kappa shape index (κ2) is 9.66. The minimum Gasteiger partial charge on any atom is -0.452 e. The molecule has 0 aliphatic rings. The summed E-state index contributed by atoms with van der Waals surface area (Å²) in [6.45, 7) is 9.32. The van der Waals surface area contributed by atoms with Crippen LogP contribution in [0.1, 0.15) is 45.0 Å². The summed E-state index contributed by atoms with van der Waals surface area (Å²) >= 11 is 0. The third-order valence-corrected chi connectivity index (χ3v) is 3.37. The standard InChI is InChI=1S/C18H26N2O5/c1-6-24-18(23)19-15-9-7-14(8-10-15)17(22)25-11-16(21)20(12(2)3)13(4)5/h7-10,12-13H,6,11H2,1-5H3,(H,19,23). The molecular formula is C18H26N2O5. The van der Waals surface area contributed by atoms with Crippen LogP contribution in [0.3, 0.4) is 0 Å². The molecule has 0 spiro atoms. The first kappa shape index (κ1) is 20.5. The number of amides is 2. The van der Waals surface area contributed by atoms with Gasteiger partial charge in [-0.15, -0.1) is 0 Å². The number of nitrogens with zero attached hydrogens (tertiary/aromatic N) is 1. The molecule has 2 amide bonds. The average Bonchev–Trinajstić information content (AvgIpc) is 2.52. The van der Waals surface area contributed by atoms with Crippen LogP contribution < -0.4 is 5.32 Å². The third-order valence-electron chi connectivity index (χ3n) is 3.37. The topological polar surface area (TPSA) is 84.9 Å². The Bertz CT molecular complexity index is 588. The summed E-state index contributed by atoms with van der Waals surface area (Å²) < 4.78 is 9.85. The molecule has 0 heterocycles. The molecule has 25 heavy (non-hydrogen) atoms. The summed E-state index contributed by atoms with van der Waals surface area (Å²) in [5.41, 5.74) is 0.791. The van der Waals surface area contributed by atoms with Gasteiger partial charge in [0, 0.05) is 17.8 Å². The van der Waals surface area contributed by atoms with Crippen molar-refractivity contribution >= 4 is 23.7 Å². The molecule has 1 aromatic rings. The molecule has 0 radical (unpaired) electrons. The SMILES string of the molecule is CCOC(=O)Nc1ccc(C(=O)OCC(=O)N(C(C)C)C(C)C)cc1. The molecule has 0 aliphatic carbocycles. The highest BCUT2D eigenvalue weighted by atomic mass is 16.5. The molecule has 0 aromatic heterocycles. The van der Waals surface area contributed by atoms with Crippen molar-refractivity contribution in [3.63, 3.8) is 0 Å². The maximum atomic E-state index is 12.2. The number of ether oxygens (including phenoxy) is 2. The Morgan fingerprint density at radius 1 is 1.00 bits per heavy atom. The van der Waals surface area contributed by atoms with E-state index in [1.54, 1.807) is 24.0 Å². The molecule has 1 N–H and O–H groups in total. The summed E-state index contributed by atoms with van der Waals surface area (Å²) in [7, 11) is 0. The molecule has 7 nitrogen and oxygen atoms in total. The van der Waals surface area contributed by atoms with Crippen LogP contribution in [-0.4, -0.2) is 48.2 Å². The van der Waals surface area contributed by atoms with Gasteiger partial charge < -0.3 is 14.4 Å². The molecule has 1 aromatic carbocycles. The van der Waals surface area contributed by atoms with Crippen LogP contribution in [0.2, 0.25) is 0 Å². The van der Waals surface area contributed by atoms with E-state index < -0.39 is 12.1 Å². The van der Waals surface area contributed by atoms with E-state index >= 15 is 0 Å². The summed E-state index contributed by atoms with van der Waals surface area (Å²) in [4.78, 5) is 37.2. The fourth-order valence-corrected chi connectivity index (χ4v) is 2.43. The van der Waals surface area contributed by atoms with Gasteiger partial charge in [-0.1, -0.05) is 0 Å². The van der Waals surface area contributed by atoms with Gasteiger partial charge in [0.05, 0.1) is 12.2 Å². The van der Waals surface area contributed by atoms with Crippen LogP contribution in [0, 0.1) is 0 Å². The van der Waals surface area contributed by atoms with E-state index in [1.165, 1.54) is 12.1 Å². The lowest BCUT2D eigenvalue weighted by Crippen LogP contribution is -2.44. The van der Waals surface area contributed by atoms with Crippen LogP contribution >= 0.6 is 0 Å². The van der Waals surface area contributed by atoms with E-state index in [-0.39, 0.29) is 31.2 Å². The second-order valence-electron chi connectivity index (χ2n) is 5.99. The molecule has 0 atom stereocenters. The van der Waals surface area contributed by atoms with Crippen molar-refractivity contribution < 1.29 is 23.9 Å². The number of esters is 1. The van der Waals surface area contributed by atoms with Gasteiger partial charge in [0.1, 0.15) is 0 Å². The minimum absolute atomic E-state index is 0.0273. The molecule has 7 heteroatoms. The van der Waals surface area contributed by atoms with E-state index in [0.717, 1.165) is 0 Å². The Balaban J connectivity index is 2.60.